The predicted molar refractivity (Wildman–Crippen MR) is 56.4 cm³/mol. The standard InChI is InChI=1S/C12H20O4/c1-11-8-6-9-5-3-4-7-12(9,16-15-11)10(13-2)14-11/h9-10H,3-8H2,1-2H3/t9-,10+,11-,12+/m1/s1. The first-order chi connectivity index (χ1) is 7.69. The molecule has 0 amide bonds. The van der Waals surface area contributed by atoms with Gasteiger partial charge in [-0.3, -0.25) is 0 Å². The molecule has 1 spiro atoms. The molecule has 3 heterocycles. The van der Waals surface area contributed by atoms with Crippen LogP contribution in [0, 0.1) is 5.92 Å². The Kier molecular flexibility index (Phi) is 2.51. The maximum absolute atomic E-state index is 5.94. The van der Waals surface area contributed by atoms with Gasteiger partial charge in [-0.15, -0.1) is 0 Å². The number of methoxy groups -OCH3 is 1. The predicted octanol–water partition coefficient (Wildman–Crippen LogP) is 2.38. The lowest BCUT2D eigenvalue weighted by atomic mass is 9.73. The van der Waals surface area contributed by atoms with E-state index in [0.29, 0.717) is 5.92 Å². The lowest BCUT2D eigenvalue weighted by Gasteiger charge is -2.48. The van der Waals surface area contributed by atoms with Crippen LogP contribution in [0.4, 0.5) is 0 Å². The van der Waals surface area contributed by atoms with Crippen molar-refractivity contribution in [3.63, 3.8) is 0 Å². The third-order valence-electron chi connectivity index (χ3n) is 4.35. The van der Waals surface area contributed by atoms with Crippen molar-refractivity contribution in [3.05, 3.63) is 0 Å². The second-order valence-electron chi connectivity index (χ2n) is 5.42. The molecule has 4 aliphatic rings. The highest BCUT2D eigenvalue weighted by Crippen LogP contribution is 2.51. The minimum Gasteiger partial charge on any atom is -0.353 e. The molecule has 1 aliphatic carbocycles. The van der Waals surface area contributed by atoms with Gasteiger partial charge in [-0.05, 0) is 32.1 Å². The molecule has 4 nitrogen and oxygen atoms in total. The summed E-state index contributed by atoms with van der Waals surface area (Å²) in [5, 5.41) is 0. The molecule has 1 saturated carbocycles. The molecule has 3 saturated heterocycles. The lowest BCUT2D eigenvalue weighted by Crippen LogP contribution is -2.59. The first-order valence-corrected chi connectivity index (χ1v) is 6.26. The van der Waals surface area contributed by atoms with Crippen molar-refractivity contribution < 1.29 is 19.2 Å². The first-order valence-electron chi connectivity index (χ1n) is 6.26. The van der Waals surface area contributed by atoms with Gasteiger partial charge in [-0.25, -0.2) is 9.78 Å². The maximum atomic E-state index is 5.94. The van der Waals surface area contributed by atoms with Crippen LogP contribution in [0.1, 0.15) is 45.4 Å². The molecule has 4 atom stereocenters. The van der Waals surface area contributed by atoms with Gasteiger partial charge in [-0.1, -0.05) is 12.8 Å². The topological polar surface area (TPSA) is 36.9 Å². The van der Waals surface area contributed by atoms with E-state index in [4.69, 9.17) is 19.2 Å². The van der Waals surface area contributed by atoms with E-state index in [0.717, 1.165) is 19.3 Å². The van der Waals surface area contributed by atoms with E-state index in [1.165, 1.54) is 19.3 Å². The van der Waals surface area contributed by atoms with Crippen molar-refractivity contribution in [2.24, 2.45) is 5.92 Å². The van der Waals surface area contributed by atoms with E-state index in [2.05, 4.69) is 0 Å². The largest absolute Gasteiger partial charge is 0.353 e. The zero-order valence-corrected chi connectivity index (χ0v) is 10.0. The average Bonchev–Trinajstić information content (AvgIpc) is 2.53. The van der Waals surface area contributed by atoms with E-state index >= 15 is 0 Å². The van der Waals surface area contributed by atoms with Crippen molar-refractivity contribution in [3.8, 4) is 0 Å². The van der Waals surface area contributed by atoms with Gasteiger partial charge in [0.25, 0.3) is 0 Å². The third-order valence-corrected chi connectivity index (χ3v) is 4.35. The fraction of sp³-hybridized carbons (Fsp3) is 1.00. The van der Waals surface area contributed by atoms with Gasteiger partial charge in [0.05, 0.1) is 0 Å². The van der Waals surface area contributed by atoms with E-state index in [1.807, 2.05) is 6.92 Å². The molecule has 0 aromatic heterocycles. The van der Waals surface area contributed by atoms with E-state index in [9.17, 15) is 0 Å². The summed E-state index contributed by atoms with van der Waals surface area (Å²) in [6.45, 7) is 1.93. The molecule has 0 aromatic carbocycles. The summed E-state index contributed by atoms with van der Waals surface area (Å²) in [6.07, 6.45) is 6.34. The van der Waals surface area contributed by atoms with E-state index < -0.39 is 5.79 Å². The summed E-state index contributed by atoms with van der Waals surface area (Å²) in [4.78, 5) is 11.2. The van der Waals surface area contributed by atoms with Crippen LogP contribution >= 0.6 is 0 Å². The van der Waals surface area contributed by atoms with E-state index in [1.54, 1.807) is 7.11 Å². The van der Waals surface area contributed by atoms with Crippen molar-refractivity contribution >= 4 is 0 Å². The Morgan fingerprint density at radius 3 is 2.81 bits per heavy atom. The first kappa shape index (κ1) is 11.0. The molecule has 4 rings (SSSR count). The number of rotatable bonds is 1. The van der Waals surface area contributed by atoms with Crippen LogP contribution in [0.2, 0.25) is 0 Å². The molecule has 2 bridgehead atoms. The summed E-state index contributed by atoms with van der Waals surface area (Å²) < 4.78 is 11.4. The van der Waals surface area contributed by atoms with Crippen molar-refractivity contribution in [2.45, 2.75) is 63.1 Å². The Morgan fingerprint density at radius 1 is 1.12 bits per heavy atom. The monoisotopic (exact) mass is 228 g/mol. The molecule has 0 unspecified atom stereocenters. The fourth-order valence-corrected chi connectivity index (χ4v) is 3.38. The Balaban J connectivity index is 1.96. The number of hydrogen-bond donors (Lipinski definition) is 0. The number of ether oxygens (including phenoxy) is 2. The van der Waals surface area contributed by atoms with Crippen molar-refractivity contribution in [2.75, 3.05) is 7.11 Å². The summed E-state index contributed by atoms with van der Waals surface area (Å²) in [5.41, 5.74) is -0.358. The van der Waals surface area contributed by atoms with Gasteiger partial charge < -0.3 is 9.47 Å². The number of hydrogen-bond acceptors (Lipinski definition) is 4. The Morgan fingerprint density at radius 2 is 2.00 bits per heavy atom. The quantitative estimate of drug-likeness (QED) is 0.646. The zero-order chi connectivity index (χ0) is 11.2. The number of fused-ring (bicyclic) bond motifs is 3. The maximum Gasteiger partial charge on any atom is 0.201 e. The molecular weight excluding hydrogens is 208 g/mol. The molecule has 4 heteroatoms. The van der Waals surface area contributed by atoms with Gasteiger partial charge in [0.2, 0.25) is 5.79 Å². The molecule has 0 N–H and O–H groups in total. The molecular formula is C12H20O4. The summed E-state index contributed by atoms with van der Waals surface area (Å²) >= 11 is 0. The van der Waals surface area contributed by atoms with Gasteiger partial charge >= 0.3 is 0 Å². The van der Waals surface area contributed by atoms with Gasteiger partial charge in [0, 0.05) is 13.5 Å². The molecule has 16 heavy (non-hydrogen) atoms. The van der Waals surface area contributed by atoms with Crippen LogP contribution in [0.5, 0.6) is 0 Å². The highest BCUT2D eigenvalue weighted by atomic mass is 17.3. The van der Waals surface area contributed by atoms with Crippen LogP contribution in [-0.4, -0.2) is 24.8 Å². The van der Waals surface area contributed by atoms with Crippen LogP contribution in [0.3, 0.4) is 0 Å². The Bertz CT molecular complexity index is 278. The SMILES string of the molecule is CO[C@H]1O[C@@]2(C)CC[C@H]3CCCC[C@]31OO2. The average molecular weight is 228 g/mol. The minimum absolute atomic E-state index is 0.279. The third kappa shape index (κ3) is 1.44. The molecule has 3 aliphatic heterocycles. The normalized spacial score (nSPS) is 52.1. The Hall–Kier alpha value is -0.160. The molecule has 0 radical (unpaired) electrons. The lowest BCUT2D eigenvalue weighted by molar-refractivity contribution is -0.547. The fourth-order valence-electron chi connectivity index (χ4n) is 3.38. The minimum atomic E-state index is -0.622. The van der Waals surface area contributed by atoms with Crippen LogP contribution in [-0.2, 0) is 19.2 Å². The summed E-state index contributed by atoms with van der Waals surface area (Å²) in [6, 6.07) is 0. The van der Waals surface area contributed by atoms with Crippen LogP contribution in [0.15, 0.2) is 0 Å². The van der Waals surface area contributed by atoms with Gasteiger partial charge in [-0.2, -0.15) is 0 Å². The second-order valence-corrected chi connectivity index (χ2v) is 5.42. The smallest absolute Gasteiger partial charge is 0.201 e. The van der Waals surface area contributed by atoms with Gasteiger partial charge in [0.1, 0.15) is 0 Å². The van der Waals surface area contributed by atoms with Crippen molar-refractivity contribution in [1.29, 1.82) is 0 Å². The second kappa shape index (κ2) is 3.67. The zero-order valence-electron chi connectivity index (χ0n) is 10.0. The molecule has 0 aromatic rings. The molecule has 4 fully saturated rings. The Labute approximate surface area is 96.1 Å². The highest BCUT2D eigenvalue weighted by molar-refractivity contribution is 4.99. The summed E-state index contributed by atoms with van der Waals surface area (Å²) in [7, 11) is 1.69. The van der Waals surface area contributed by atoms with E-state index in [-0.39, 0.29) is 11.9 Å². The highest BCUT2D eigenvalue weighted by Gasteiger charge is 2.59. The summed E-state index contributed by atoms with van der Waals surface area (Å²) in [5.74, 6) is -0.112. The van der Waals surface area contributed by atoms with Gasteiger partial charge in [0.15, 0.2) is 11.9 Å². The van der Waals surface area contributed by atoms with Crippen LogP contribution < -0.4 is 0 Å². The van der Waals surface area contributed by atoms with Crippen LogP contribution in [0.25, 0.3) is 0 Å². The molecule has 92 valence electrons. The van der Waals surface area contributed by atoms with Crippen molar-refractivity contribution in [1.82, 2.24) is 0 Å².